The van der Waals surface area contributed by atoms with Crippen molar-refractivity contribution in [2.75, 3.05) is 6.61 Å². The molecule has 2 aromatic rings. The van der Waals surface area contributed by atoms with Crippen molar-refractivity contribution in [3.05, 3.63) is 59.7 Å². The third-order valence-corrected chi connectivity index (χ3v) is 5.32. The van der Waals surface area contributed by atoms with E-state index in [0.717, 1.165) is 30.4 Å². The highest BCUT2D eigenvalue weighted by atomic mass is 16.5. The third kappa shape index (κ3) is 9.86. The number of nitrogens with one attached hydrogen (secondary N) is 1. The summed E-state index contributed by atoms with van der Waals surface area (Å²) in [5.41, 5.74) is 1.75. The summed E-state index contributed by atoms with van der Waals surface area (Å²) in [6.07, 6.45) is 7.62. The minimum absolute atomic E-state index is 0.147. The van der Waals surface area contributed by atoms with Gasteiger partial charge in [-0.15, -0.1) is 0 Å². The lowest BCUT2D eigenvalue weighted by molar-refractivity contribution is -0.148. The fourth-order valence-electron chi connectivity index (χ4n) is 3.40. The number of hydrogen-bond donors (Lipinski definition) is 3. The van der Waals surface area contributed by atoms with E-state index in [9.17, 15) is 19.8 Å². The Bertz CT molecular complexity index is 817. The lowest BCUT2D eigenvalue weighted by atomic mass is 10.0. The highest BCUT2D eigenvalue weighted by Crippen LogP contribution is 2.14. The van der Waals surface area contributed by atoms with Crippen LogP contribution in [0.1, 0.15) is 63.0 Å². The summed E-state index contributed by atoms with van der Waals surface area (Å²) in [6, 6.07) is 12.5. The molecule has 3 N–H and O–H groups in total. The standard InChI is InChI=1S/C26H35NO5/c1-2-3-4-5-6-7-18-32-26(31)24(19-21-10-15-23(29)16-11-21)27-25(30)17-12-20-8-13-22(28)14-9-20/h8-11,13-16,24,28-29H,2-7,12,17-19H2,1H3,(H,27,30). The van der Waals surface area contributed by atoms with Crippen LogP contribution in [0.2, 0.25) is 0 Å². The number of carbonyl (C=O) groups is 2. The Labute approximate surface area is 190 Å². The van der Waals surface area contributed by atoms with Gasteiger partial charge in [-0.3, -0.25) is 4.79 Å². The van der Waals surface area contributed by atoms with Crippen LogP contribution < -0.4 is 5.32 Å². The molecule has 1 atom stereocenters. The third-order valence-electron chi connectivity index (χ3n) is 5.32. The van der Waals surface area contributed by atoms with Crippen LogP contribution in [0.15, 0.2) is 48.5 Å². The second kappa shape index (κ2) is 14.1. The molecular weight excluding hydrogens is 406 g/mol. The highest BCUT2D eigenvalue weighted by molar-refractivity contribution is 5.84. The van der Waals surface area contributed by atoms with Crippen molar-refractivity contribution in [2.24, 2.45) is 0 Å². The van der Waals surface area contributed by atoms with Gasteiger partial charge < -0.3 is 20.3 Å². The summed E-state index contributed by atoms with van der Waals surface area (Å²) in [5.74, 6) is -0.350. The smallest absolute Gasteiger partial charge is 0.328 e. The minimum atomic E-state index is -0.785. The molecular formula is C26H35NO5. The van der Waals surface area contributed by atoms with Gasteiger partial charge in [-0.1, -0.05) is 63.3 Å². The van der Waals surface area contributed by atoms with Crippen molar-refractivity contribution in [1.82, 2.24) is 5.32 Å². The van der Waals surface area contributed by atoms with Crippen LogP contribution >= 0.6 is 0 Å². The van der Waals surface area contributed by atoms with Crippen LogP contribution in [0.25, 0.3) is 0 Å². The van der Waals surface area contributed by atoms with Gasteiger partial charge in [0.05, 0.1) is 6.61 Å². The summed E-state index contributed by atoms with van der Waals surface area (Å²) >= 11 is 0. The largest absolute Gasteiger partial charge is 0.508 e. The first-order valence-corrected chi connectivity index (χ1v) is 11.5. The molecule has 2 rings (SSSR count). The van der Waals surface area contributed by atoms with Gasteiger partial charge in [0, 0.05) is 12.8 Å². The predicted octanol–water partition coefficient (Wildman–Crippen LogP) is 4.66. The van der Waals surface area contributed by atoms with Crippen LogP contribution in [0.4, 0.5) is 0 Å². The van der Waals surface area contributed by atoms with Gasteiger partial charge in [0.25, 0.3) is 0 Å². The van der Waals surface area contributed by atoms with Crippen LogP contribution in [0, 0.1) is 0 Å². The molecule has 2 aromatic carbocycles. The summed E-state index contributed by atoms with van der Waals surface area (Å²) < 4.78 is 5.45. The molecule has 0 aliphatic heterocycles. The number of esters is 1. The van der Waals surface area contributed by atoms with E-state index in [1.807, 2.05) is 0 Å². The first-order valence-electron chi connectivity index (χ1n) is 11.5. The molecule has 0 spiro atoms. The number of aryl methyl sites for hydroxylation is 1. The molecule has 0 saturated carbocycles. The maximum Gasteiger partial charge on any atom is 0.328 e. The topological polar surface area (TPSA) is 95.9 Å². The van der Waals surface area contributed by atoms with Crippen molar-refractivity contribution < 1.29 is 24.5 Å². The summed E-state index contributed by atoms with van der Waals surface area (Å²) in [5, 5.41) is 21.7. The van der Waals surface area contributed by atoms with Crippen molar-refractivity contribution in [2.45, 2.75) is 70.8 Å². The monoisotopic (exact) mass is 441 g/mol. The van der Waals surface area contributed by atoms with E-state index in [-0.39, 0.29) is 23.8 Å². The Morgan fingerprint density at radius 2 is 1.41 bits per heavy atom. The van der Waals surface area contributed by atoms with Gasteiger partial charge in [-0.05, 0) is 48.2 Å². The maximum atomic E-state index is 12.7. The number of carbonyl (C=O) groups excluding carboxylic acids is 2. The van der Waals surface area contributed by atoms with E-state index in [0.29, 0.717) is 19.4 Å². The van der Waals surface area contributed by atoms with Crippen LogP contribution in [-0.2, 0) is 27.2 Å². The number of phenolic OH excluding ortho intramolecular Hbond substituents is 2. The summed E-state index contributed by atoms with van der Waals surface area (Å²) in [6.45, 7) is 2.52. The molecule has 6 nitrogen and oxygen atoms in total. The highest BCUT2D eigenvalue weighted by Gasteiger charge is 2.22. The fourth-order valence-corrected chi connectivity index (χ4v) is 3.40. The first kappa shape index (κ1) is 25.2. The minimum Gasteiger partial charge on any atom is -0.508 e. The normalized spacial score (nSPS) is 11.7. The number of phenols is 2. The van der Waals surface area contributed by atoms with Gasteiger partial charge in [-0.25, -0.2) is 4.79 Å². The molecule has 0 saturated heterocycles. The zero-order valence-electron chi connectivity index (χ0n) is 18.9. The van der Waals surface area contributed by atoms with Gasteiger partial charge in [0.15, 0.2) is 0 Å². The lowest BCUT2D eigenvalue weighted by Crippen LogP contribution is -2.43. The molecule has 0 heterocycles. The average molecular weight is 442 g/mol. The van der Waals surface area contributed by atoms with Gasteiger partial charge in [-0.2, -0.15) is 0 Å². The maximum absolute atomic E-state index is 12.7. The average Bonchev–Trinajstić information content (AvgIpc) is 2.79. The van der Waals surface area contributed by atoms with Crippen LogP contribution in [-0.4, -0.2) is 34.7 Å². The molecule has 6 heteroatoms. The Kier molecular flexibility index (Phi) is 11.1. The molecule has 174 valence electrons. The van der Waals surface area contributed by atoms with E-state index in [1.165, 1.54) is 19.3 Å². The molecule has 0 bridgehead atoms. The molecule has 0 fully saturated rings. The predicted molar refractivity (Wildman–Crippen MR) is 125 cm³/mol. The van der Waals surface area contributed by atoms with Crippen molar-refractivity contribution in [3.63, 3.8) is 0 Å². The molecule has 0 aliphatic carbocycles. The molecule has 0 radical (unpaired) electrons. The number of benzene rings is 2. The Morgan fingerprint density at radius 1 is 0.844 bits per heavy atom. The fraction of sp³-hybridized carbons (Fsp3) is 0.462. The van der Waals surface area contributed by atoms with E-state index < -0.39 is 12.0 Å². The van der Waals surface area contributed by atoms with E-state index in [2.05, 4.69) is 12.2 Å². The number of hydrogen-bond acceptors (Lipinski definition) is 5. The van der Waals surface area contributed by atoms with Crippen molar-refractivity contribution >= 4 is 11.9 Å². The van der Waals surface area contributed by atoms with Crippen LogP contribution in [0.5, 0.6) is 11.5 Å². The first-order chi connectivity index (χ1) is 15.5. The summed E-state index contributed by atoms with van der Waals surface area (Å²) in [7, 11) is 0. The molecule has 0 aromatic heterocycles. The number of rotatable bonds is 14. The number of aromatic hydroxyl groups is 2. The number of ether oxygens (including phenoxy) is 1. The molecule has 1 unspecified atom stereocenters. The van der Waals surface area contributed by atoms with E-state index >= 15 is 0 Å². The zero-order valence-corrected chi connectivity index (χ0v) is 18.9. The van der Waals surface area contributed by atoms with Crippen LogP contribution in [0.3, 0.4) is 0 Å². The number of amides is 1. The Hall–Kier alpha value is -3.02. The zero-order chi connectivity index (χ0) is 23.2. The van der Waals surface area contributed by atoms with Gasteiger partial charge in [0.2, 0.25) is 5.91 Å². The molecule has 0 aliphatic rings. The SMILES string of the molecule is CCCCCCCCOC(=O)C(Cc1ccc(O)cc1)NC(=O)CCc1ccc(O)cc1. The molecule has 1 amide bonds. The Balaban J connectivity index is 1.87. The van der Waals surface area contributed by atoms with E-state index in [1.54, 1.807) is 48.5 Å². The van der Waals surface area contributed by atoms with Crippen molar-refractivity contribution in [3.8, 4) is 11.5 Å². The summed E-state index contributed by atoms with van der Waals surface area (Å²) in [4.78, 5) is 25.2. The lowest BCUT2D eigenvalue weighted by Gasteiger charge is -2.18. The quantitative estimate of drug-likeness (QED) is 0.293. The Morgan fingerprint density at radius 3 is 2.03 bits per heavy atom. The van der Waals surface area contributed by atoms with E-state index in [4.69, 9.17) is 4.74 Å². The number of unbranched alkanes of at least 4 members (excludes halogenated alkanes) is 5. The second-order valence-corrected chi connectivity index (χ2v) is 8.09. The van der Waals surface area contributed by atoms with Gasteiger partial charge >= 0.3 is 5.97 Å². The second-order valence-electron chi connectivity index (χ2n) is 8.09. The molecule has 32 heavy (non-hydrogen) atoms. The van der Waals surface area contributed by atoms with Crippen molar-refractivity contribution in [1.29, 1.82) is 0 Å². The van der Waals surface area contributed by atoms with Gasteiger partial charge in [0.1, 0.15) is 17.5 Å².